The molecule has 1 aromatic carbocycles. The molecular weight excluding hydrogens is 430 g/mol. The number of aliphatic imine (C=N–C) groups is 1. The zero-order valence-corrected chi connectivity index (χ0v) is 19.8. The number of hydrogen-bond donors (Lipinski definition) is 2. The zero-order chi connectivity index (χ0) is 24.0. The van der Waals surface area contributed by atoms with E-state index in [0.717, 1.165) is 28.1 Å². The number of carbonyl (C=O) groups excluding carboxylic acids is 1. The van der Waals surface area contributed by atoms with E-state index in [1.54, 1.807) is 41.3 Å². The van der Waals surface area contributed by atoms with Crippen LogP contribution in [0.4, 0.5) is 11.4 Å². The Morgan fingerprint density at radius 1 is 1.26 bits per heavy atom. The molecule has 4 heterocycles. The van der Waals surface area contributed by atoms with E-state index in [1.807, 2.05) is 36.4 Å². The number of fused-ring (bicyclic) bond motifs is 1. The van der Waals surface area contributed by atoms with Crippen LogP contribution in [0.15, 0.2) is 54.0 Å². The van der Waals surface area contributed by atoms with Crippen molar-refractivity contribution in [3.05, 3.63) is 71.6 Å². The second-order valence-corrected chi connectivity index (χ2v) is 9.38. The fourth-order valence-corrected chi connectivity index (χ4v) is 4.92. The van der Waals surface area contributed by atoms with Gasteiger partial charge in [0.2, 0.25) is 0 Å². The fourth-order valence-electron chi connectivity index (χ4n) is 4.92. The van der Waals surface area contributed by atoms with E-state index in [9.17, 15) is 9.90 Å². The topological polar surface area (TPSA) is 98.9 Å². The number of pyridine rings is 1. The summed E-state index contributed by atoms with van der Waals surface area (Å²) in [4.78, 5) is 29.0. The van der Waals surface area contributed by atoms with Crippen LogP contribution in [0.3, 0.4) is 0 Å². The van der Waals surface area contributed by atoms with Crippen LogP contribution in [0.2, 0.25) is 0 Å². The first-order valence-corrected chi connectivity index (χ1v) is 11.3. The third-order valence-corrected chi connectivity index (χ3v) is 6.69. The molecule has 1 fully saturated rings. The highest BCUT2D eigenvalue weighted by Gasteiger charge is 2.44. The summed E-state index contributed by atoms with van der Waals surface area (Å²) >= 11 is 0. The lowest BCUT2D eigenvalue weighted by molar-refractivity contribution is 0.0608. The average molecular weight is 460 g/mol. The molecule has 0 saturated carbocycles. The summed E-state index contributed by atoms with van der Waals surface area (Å²) in [6.07, 6.45) is 7.98. The molecule has 1 unspecified atom stereocenters. The van der Waals surface area contributed by atoms with Crippen molar-refractivity contribution in [3.8, 4) is 0 Å². The van der Waals surface area contributed by atoms with E-state index < -0.39 is 11.8 Å². The summed E-state index contributed by atoms with van der Waals surface area (Å²) in [5.41, 5.74) is 4.20. The maximum Gasteiger partial charge on any atom is 0.289 e. The Morgan fingerprint density at radius 2 is 2.06 bits per heavy atom. The number of nitrogens with one attached hydrogen (secondary N) is 1. The third kappa shape index (κ3) is 3.62. The molecule has 0 radical (unpaired) electrons. The van der Waals surface area contributed by atoms with Crippen molar-refractivity contribution in [1.82, 2.24) is 19.4 Å². The number of carbonyl (C=O) groups is 1. The van der Waals surface area contributed by atoms with Crippen LogP contribution in [0.25, 0.3) is 0 Å². The van der Waals surface area contributed by atoms with Crippen molar-refractivity contribution < 1.29 is 9.90 Å². The molecule has 0 bridgehead atoms. The number of imidazole rings is 1. The van der Waals surface area contributed by atoms with Crippen molar-refractivity contribution in [2.75, 3.05) is 30.4 Å². The minimum Gasteiger partial charge on any atom is -0.377 e. The number of amides is 1. The highest BCUT2D eigenvalue weighted by atomic mass is 16.3. The molecule has 1 atom stereocenters. The molecule has 0 aliphatic carbocycles. The lowest BCUT2D eigenvalue weighted by atomic mass is 9.92. The van der Waals surface area contributed by atoms with E-state index in [4.69, 9.17) is 0 Å². The molecule has 0 spiro atoms. The lowest BCUT2D eigenvalue weighted by Gasteiger charge is -2.40. The van der Waals surface area contributed by atoms with Gasteiger partial charge in [-0.25, -0.2) is 4.98 Å². The van der Waals surface area contributed by atoms with Crippen molar-refractivity contribution in [2.24, 2.45) is 12.0 Å². The van der Waals surface area contributed by atoms with Gasteiger partial charge in [0.1, 0.15) is 0 Å². The Morgan fingerprint density at radius 3 is 2.76 bits per heavy atom. The quantitative estimate of drug-likeness (QED) is 0.569. The van der Waals surface area contributed by atoms with E-state index in [2.05, 4.69) is 40.2 Å². The van der Waals surface area contributed by atoms with Gasteiger partial charge >= 0.3 is 0 Å². The maximum absolute atomic E-state index is 12.6. The van der Waals surface area contributed by atoms with Crippen LogP contribution in [-0.2, 0) is 12.6 Å². The van der Waals surface area contributed by atoms with Gasteiger partial charge in [0.15, 0.2) is 12.1 Å². The van der Waals surface area contributed by atoms with Gasteiger partial charge in [-0.1, -0.05) is 12.1 Å². The van der Waals surface area contributed by atoms with Crippen molar-refractivity contribution in [3.63, 3.8) is 0 Å². The molecule has 2 aliphatic heterocycles. The van der Waals surface area contributed by atoms with Gasteiger partial charge < -0.3 is 24.8 Å². The SMILES string of the molecule is C/N=C/c1ccc2c(c1)C(C)(C)N(c1cncc(NC3CN(C(=O)c4nccn4C)C3)c1)C2O. The predicted molar refractivity (Wildman–Crippen MR) is 131 cm³/mol. The summed E-state index contributed by atoms with van der Waals surface area (Å²) in [5, 5.41) is 14.6. The number of aryl methyl sites for hydroxylation is 1. The summed E-state index contributed by atoms with van der Waals surface area (Å²) in [7, 11) is 3.57. The molecule has 1 saturated heterocycles. The van der Waals surface area contributed by atoms with Crippen LogP contribution >= 0.6 is 0 Å². The van der Waals surface area contributed by atoms with E-state index in [1.165, 1.54) is 0 Å². The number of nitrogens with zero attached hydrogens (tertiary/aromatic N) is 6. The van der Waals surface area contributed by atoms with Crippen LogP contribution in [0.5, 0.6) is 0 Å². The predicted octanol–water partition coefficient (Wildman–Crippen LogP) is 2.55. The standard InChI is InChI=1S/C25H29N7O2/c1-25(2)21-9-16(11-26-3)5-6-20(21)23(33)32(25)19-10-17(12-27-13-19)29-18-14-31(15-18)24(34)22-28-7-8-30(22)4/h5-13,18,23,29,33H,14-15H2,1-4H3/b26-11+. The number of anilines is 2. The monoisotopic (exact) mass is 459 g/mol. The van der Waals surface area contributed by atoms with Gasteiger partial charge in [-0.05, 0) is 37.1 Å². The summed E-state index contributed by atoms with van der Waals surface area (Å²) in [5.74, 6) is 0.380. The molecule has 5 rings (SSSR count). The van der Waals surface area contributed by atoms with Crippen LogP contribution in [0.1, 0.15) is 47.4 Å². The van der Waals surface area contributed by atoms with Gasteiger partial charge in [-0.15, -0.1) is 0 Å². The Kier molecular flexibility index (Phi) is 5.36. The minimum absolute atomic E-state index is 0.0652. The third-order valence-electron chi connectivity index (χ3n) is 6.69. The Balaban J connectivity index is 1.31. The number of rotatable bonds is 5. The first-order chi connectivity index (χ1) is 16.3. The molecule has 9 heteroatoms. The second kappa shape index (κ2) is 8.25. The van der Waals surface area contributed by atoms with Gasteiger partial charge in [0.05, 0.1) is 35.3 Å². The Labute approximate surface area is 198 Å². The van der Waals surface area contributed by atoms with E-state index in [0.29, 0.717) is 18.9 Å². The smallest absolute Gasteiger partial charge is 0.289 e. The Hall–Kier alpha value is -3.72. The fraction of sp³-hybridized carbons (Fsp3) is 0.360. The van der Waals surface area contributed by atoms with Gasteiger partial charge in [-0.3, -0.25) is 14.8 Å². The molecule has 2 aliphatic rings. The molecule has 34 heavy (non-hydrogen) atoms. The average Bonchev–Trinajstić information content (AvgIpc) is 3.29. The first kappa shape index (κ1) is 22.1. The molecule has 176 valence electrons. The number of aromatic nitrogens is 3. The molecule has 1 amide bonds. The molecule has 3 aromatic rings. The van der Waals surface area contributed by atoms with Gasteiger partial charge in [0.25, 0.3) is 5.91 Å². The molecule has 9 nitrogen and oxygen atoms in total. The van der Waals surface area contributed by atoms with Crippen LogP contribution in [-0.4, -0.2) is 62.8 Å². The molecule has 2 aromatic heterocycles. The number of aliphatic hydroxyl groups is 1. The number of likely N-dealkylation sites (tertiary alicyclic amines) is 1. The van der Waals surface area contributed by atoms with E-state index >= 15 is 0 Å². The minimum atomic E-state index is -0.774. The number of aliphatic hydroxyl groups excluding tert-OH is 1. The summed E-state index contributed by atoms with van der Waals surface area (Å²) in [6.45, 7) is 5.39. The normalized spacial score (nSPS) is 19.4. The van der Waals surface area contributed by atoms with Crippen molar-refractivity contribution >= 4 is 23.5 Å². The van der Waals surface area contributed by atoms with Gasteiger partial charge in [-0.2, -0.15) is 0 Å². The number of benzene rings is 1. The first-order valence-electron chi connectivity index (χ1n) is 11.3. The van der Waals surface area contributed by atoms with Crippen molar-refractivity contribution in [2.45, 2.75) is 31.7 Å². The summed E-state index contributed by atoms with van der Waals surface area (Å²) in [6, 6.07) is 8.16. The highest BCUT2D eigenvalue weighted by Crippen LogP contribution is 2.47. The Bertz CT molecular complexity index is 1260. The molecular formula is C25H29N7O2. The zero-order valence-electron chi connectivity index (χ0n) is 19.8. The summed E-state index contributed by atoms with van der Waals surface area (Å²) < 4.78 is 1.73. The largest absolute Gasteiger partial charge is 0.377 e. The highest BCUT2D eigenvalue weighted by molar-refractivity contribution is 5.91. The van der Waals surface area contributed by atoms with Gasteiger partial charge in [0, 0.05) is 51.4 Å². The maximum atomic E-state index is 12.6. The number of hydrogen-bond acceptors (Lipinski definition) is 7. The van der Waals surface area contributed by atoms with E-state index in [-0.39, 0.29) is 11.9 Å². The van der Waals surface area contributed by atoms with Crippen molar-refractivity contribution in [1.29, 1.82) is 0 Å². The lowest BCUT2D eigenvalue weighted by Crippen LogP contribution is -2.57. The van der Waals surface area contributed by atoms with Crippen LogP contribution in [0, 0.1) is 0 Å². The van der Waals surface area contributed by atoms with Crippen LogP contribution < -0.4 is 10.2 Å². The molecule has 2 N–H and O–H groups in total. The second-order valence-electron chi connectivity index (χ2n) is 9.38.